The molecular weight excluding hydrogens is 331 g/mol. The third-order valence-corrected chi connectivity index (χ3v) is 4.83. The molecule has 1 saturated heterocycles. The van der Waals surface area contributed by atoms with Gasteiger partial charge < -0.3 is 14.0 Å². The van der Waals surface area contributed by atoms with Crippen molar-refractivity contribution in [3.05, 3.63) is 24.3 Å². The first-order valence-electron chi connectivity index (χ1n) is 7.51. The number of hydrogen-bond donors (Lipinski definition) is 0. The van der Waals surface area contributed by atoms with Crippen LogP contribution in [0.25, 0.3) is 0 Å². The van der Waals surface area contributed by atoms with Crippen LogP contribution in [-0.4, -0.2) is 23.3 Å². The zero-order valence-electron chi connectivity index (χ0n) is 13.5. The van der Waals surface area contributed by atoms with Gasteiger partial charge in [-0.15, -0.1) is 0 Å². The van der Waals surface area contributed by atoms with E-state index < -0.39 is 0 Å². The minimum atomic E-state index is -0.320. The van der Waals surface area contributed by atoms with E-state index in [-0.39, 0.29) is 23.3 Å². The highest BCUT2D eigenvalue weighted by Gasteiger charge is 2.51. The molecule has 1 fully saturated rings. The van der Waals surface area contributed by atoms with Crippen molar-refractivity contribution in [1.29, 1.82) is 0 Å². The second-order valence-corrected chi connectivity index (χ2v) is 7.50. The van der Waals surface area contributed by atoms with Crippen molar-refractivity contribution in [2.75, 3.05) is 0 Å². The van der Waals surface area contributed by atoms with E-state index in [0.29, 0.717) is 0 Å². The van der Waals surface area contributed by atoms with Crippen LogP contribution >= 0.6 is 15.9 Å². The molecule has 21 heavy (non-hydrogen) atoms. The number of hydrogen-bond acceptors (Lipinski definition) is 3. The molecule has 1 atom stereocenters. The van der Waals surface area contributed by atoms with Crippen molar-refractivity contribution in [2.24, 2.45) is 0 Å². The fraction of sp³-hybridized carbons (Fsp3) is 0.625. The van der Waals surface area contributed by atoms with Crippen molar-refractivity contribution >= 4 is 28.5 Å². The Hall–Kier alpha value is -0.515. The van der Waals surface area contributed by atoms with E-state index in [9.17, 15) is 0 Å². The van der Waals surface area contributed by atoms with E-state index in [0.717, 1.165) is 24.1 Å². The minimum Gasteiger partial charge on any atom is -0.479 e. The molecule has 0 spiro atoms. The SMILES string of the molecule is CCCC(Br)Oc1ccc(B2OC(C)(C)C(C)(C)O2)cc1. The maximum absolute atomic E-state index is 6.04. The molecule has 0 saturated carbocycles. The van der Waals surface area contributed by atoms with E-state index in [1.807, 2.05) is 24.3 Å². The number of rotatable bonds is 5. The van der Waals surface area contributed by atoms with Crippen molar-refractivity contribution in [3.8, 4) is 5.75 Å². The molecule has 1 aliphatic rings. The standard InChI is InChI=1S/C16H24BBrO3/c1-6-7-14(18)19-13-10-8-12(9-11-13)17-20-15(2,3)16(4,5)21-17/h8-11,14H,6-7H2,1-5H3. The molecule has 116 valence electrons. The summed E-state index contributed by atoms with van der Waals surface area (Å²) in [4.78, 5) is 0. The summed E-state index contributed by atoms with van der Waals surface area (Å²) < 4.78 is 17.9. The average molecular weight is 355 g/mol. The molecule has 2 rings (SSSR count). The Morgan fingerprint density at radius 1 is 1.10 bits per heavy atom. The van der Waals surface area contributed by atoms with E-state index in [1.54, 1.807) is 0 Å². The van der Waals surface area contributed by atoms with Gasteiger partial charge in [0.05, 0.1) is 11.2 Å². The molecule has 0 aromatic heterocycles. The molecule has 0 N–H and O–H groups in total. The van der Waals surface area contributed by atoms with Crippen LogP contribution in [0.15, 0.2) is 24.3 Å². The zero-order chi connectivity index (χ0) is 15.7. The van der Waals surface area contributed by atoms with Gasteiger partial charge in [0.2, 0.25) is 0 Å². The van der Waals surface area contributed by atoms with Crippen LogP contribution in [-0.2, 0) is 9.31 Å². The third-order valence-electron chi connectivity index (χ3n) is 4.19. The van der Waals surface area contributed by atoms with Crippen LogP contribution in [0.5, 0.6) is 5.75 Å². The summed E-state index contributed by atoms with van der Waals surface area (Å²) in [6, 6.07) is 7.93. The van der Waals surface area contributed by atoms with E-state index in [2.05, 4.69) is 50.5 Å². The molecule has 1 aliphatic heterocycles. The van der Waals surface area contributed by atoms with E-state index >= 15 is 0 Å². The normalized spacial score (nSPS) is 21.3. The zero-order valence-corrected chi connectivity index (χ0v) is 15.1. The van der Waals surface area contributed by atoms with Gasteiger partial charge in [0.1, 0.15) is 5.75 Å². The molecule has 1 heterocycles. The second-order valence-electron chi connectivity index (χ2n) is 6.47. The maximum Gasteiger partial charge on any atom is 0.494 e. The summed E-state index contributed by atoms with van der Waals surface area (Å²) in [6.07, 6.45) is 2.07. The van der Waals surface area contributed by atoms with Gasteiger partial charge in [-0.25, -0.2) is 0 Å². The van der Waals surface area contributed by atoms with Crippen LogP contribution < -0.4 is 10.2 Å². The van der Waals surface area contributed by atoms with Gasteiger partial charge in [0.25, 0.3) is 0 Å². The van der Waals surface area contributed by atoms with Crippen LogP contribution in [0.3, 0.4) is 0 Å². The van der Waals surface area contributed by atoms with Crippen LogP contribution in [0.1, 0.15) is 47.5 Å². The highest BCUT2D eigenvalue weighted by molar-refractivity contribution is 9.09. The Kier molecular flexibility index (Phi) is 5.06. The predicted molar refractivity (Wildman–Crippen MR) is 90.4 cm³/mol. The van der Waals surface area contributed by atoms with Crippen LogP contribution in [0.4, 0.5) is 0 Å². The summed E-state index contributed by atoms with van der Waals surface area (Å²) in [5.41, 5.74) is 0.395. The second kappa shape index (κ2) is 6.31. The molecule has 1 unspecified atom stereocenters. The van der Waals surface area contributed by atoms with Gasteiger partial charge in [-0.1, -0.05) is 25.5 Å². The van der Waals surface area contributed by atoms with Gasteiger partial charge >= 0.3 is 7.12 Å². The Morgan fingerprint density at radius 3 is 2.10 bits per heavy atom. The summed E-state index contributed by atoms with van der Waals surface area (Å²) in [5, 5.41) is 0.0604. The third kappa shape index (κ3) is 3.82. The Morgan fingerprint density at radius 2 is 1.62 bits per heavy atom. The predicted octanol–water partition coefficient (Wildman–Crippen LogP) is 3.89. The van der Waals surface area contributed by atoms with Crippen molar-refractivity contribution in [2.45, 2.75) is 63.7 Å². The molecule has 5 heteroatoms. The first-order valence-corrected chi connectivity index (χ1v) is 8.43. The Bertz CT molecular complexity index is 457. The smallest absolute Gasteiger partial charge is 0.479 e. The molecule has 0 amide bonds. The van der Waals surface area contributed by atoms with Crippen LogP contribution in [0.2, 0.25) is 0 Å². The first-order chi connectivity index (χ1) is 9.75. The summed E-state index contributed by atoms with van der Waals surface area (Å²) in [6.45, 7) is 10.4. The molecule has 0 bridgehead atoms. The van der Waals surface area contributed by atoms with Gasteiger partial charge in [-0.05, 0) is 67.6 Å². The molecule has 0 radical (unpaired) electrons. The highest BCUT2D eigenvalue weighted by atomic mass is 79.9. The monoisotopic (exact) mass is 354 g/mol. The Balaban J connectivity index is 2.03. The molecule has 1 aromatic carbocycles. The fourth-order valence-electron chi connectivity index (χ4n) is 2.12. The maximum atomic E-state index is 6.04. The van der Waals surface area contributed by atoms with Crippen molar-refractivity contribution in [3.63, 3.8) is 0 Å². The van der Waals surface area contributed by atoms with E-state index in [4.69, 9.17) is 14.0 Å². The lowest BCUT2D eigenvalue weighted by molar-refractivity contribution is 0.00578. The van der Waals surface area contributed by atoms with Gasteiger partial charge in [0, 0.05) is 0 Å². The lowest BCUT2D eigenvalue weighted by Gasteiger charge is -2.32. The summed E-state index contributed by atoms with van der Waals surface area (Å²) in [5.74, 6) is 0.852. The van der Waals surface area contributed by atoms with Gasteiger partial charge in [-0.2, -0.15) is 0 Å². The first kappa shape index (κ1) is 16.8. The molecule has 0 aliphatic carbocycles. The minimum absolute atomic E-state index is 0.0604. The summed E-state index contributed by atoms with van der Waals surface area (Å²) in [7, 11) is -0.320. The molecule has 1 aromatic rings. The van der Waals surface area contributed by atoms with Gasteiger partial charge in [0.15, 0.2) is 5.01 Å². The van der Waals surface area contributed by atoms with Crippen LogP contribution in [0, 0.1) is 0 Å². The number of halogens is 1. The lowest BCUT2D eigenvalue weighted by atomic mass is 9.79. The van der Waals surface area contributed by atoms with Gasteiger partial charge in [-0.3, -0.25) is 0 Å². The average Bonchev–Trinajstić information content (AvgIpc) is 2.59. The number of benzene rings is 1. The Labute approximate surface area is 136 Å². The van der Waals surface area contributed by atoms with E-state index in [1.165, 1.54) is 0 Å². The topological polar surface area (TPSA) is 27.7 Å². The fourth-order valence-corrected chi connectivity index (χ4v) is 2.79. The largest absolute Gasteiger partial charge is 0.494 e. The number of ether oxygens (including phenoxy) is 1. The van der Waals surface area contributed by atoms with Crippen molar-refractivity contribution < 1.29 is 14.0 Å². The molecule has 3 nitrogen and oxygen atoms in total. The summed E-state index contributed by atoms with van der Waals surface area (Å²) >= 11 is 3.52. The van der Waals surface area contributed by atoms with Crippen molar-refractivity contribution in [1.82, 2.24) is 0 Å². The lowest BCUT2D eigenvalue weighted by Crippen LogP contribution is -2.41. The molecular formula is C16H24BBrO3. The number of alkyl halides is 1. The quantitative estimate of drug-likeness (QED) is 0.593. The highest BCUT2D eigenvalue weighted by Crippen LogP contribution is 2.36.